The van der Waals surface area contributed by atoms with Gasteiger partial charge in [0.15, 0.2) is 0 Å². The molecule has 1 aromatic heterocycles. The number of amides is 1. The maximum atomic E-state index is 13.5. The summed E-state index contributed by atoms with van der Waals surface area (Å²) in [4.78, 5) is 15.9. The van der Waals surface area contributed by atoms with Gasteiger partial charge in [0.2, 0.25) is 5.91 Å². The molecule has 1 aliphatic heterocycles. The lowest BCUT2D eigenvalue weighted by Gasteiger charge is -2.35. The van der Waals surface area contributed by atoms with E-state index in [1.165, 1.54) is 6.07 Å². The van der Waals surface area contributed by atoms with Crippen molar-refractivity contribution in [2.45, 2.75) is 43.2 Å². The fourth-order valence-corrected chi connectivity index (χ4v) is 4.91. The zero-order valence-corrected chi connectivity index (χ0v) is 17.5. The number of carbonyl (C=O) groups excluding carboxylic acids is 1. The fourth-order valence-electron chi connectivity index (χ4n) is 3.87. The molecule has 6 heteroatoms. The predicted molar refractivity (Wildman–Crippen MR) is 114 cm³/mol. The van der Waals surface area contributed by atoms with Crippen LogP contribution in [-0.2, 0) is 21.8 Å². The molecule has 2 unspecified atom stereocenters. The van der Waals surface area contributed by atoms with E-state index < -0.39 is 0 Å². The van der Waals surface area contributed by atoms with Crippen LogP contribution in [0.5, 0.6) is 0 Å². The number of benzene rings is 2. The molecule has 1 fully saturated rings. The van der Waals surface area contributed by atoms with Crippen LogP contribution in [0.15, 0.2) is 59.6 Å². The Hall–Kier alpha value is -2.31. The van der Waals surface area contributed by atoms with E-state index in [-0.39, 0.29) is 23.9 Å². The molecule has 1 aliphatic rings. The lowest BCUT2D eigenvalue weighted by molar-refractivity contribution is -0.143. The standard InChI is InChI=1S/C23H25FN2O2S/c1-16-11-26(12-17(2)28-16)23(27)14-25-13-22(20-8-3-4-9-21(20)25)29-15-18-6-5-7-19(24)10-18/h3-10,13,16-17H,11-12,14-15H2,1-2H3. The molecule has 1 saturated heterocycles. The first-order valence-corrected chi connectivity index (χ1v) is 10.9. The van der Waals surface area contributed by atoms with E-state index >= 15 is 0 Å². The van der Waals surface area contributed by atoms with Crippen molar-refractivity contribution >= 4 is 28.6 Å². The second-order valence-electron chi connectivity index (χ2n) is 7.61. The summed E-state index contributed by atoms with van der Waals surface area (Å²) in [6, 6.07) is 14.8. The van der Waals surface area contributed by atoms with E-state index in [1.807, 2.05) is 53.8 Å². The van der Waals surface area contributed by atoms with E-state index in [1.54, 1.807) is 23.9 Å². The van der Waals surface area contributed by atoms with E-state index in [0.29, 0.717) is 25.4 Å². The van der Waals surface area contributed by atoms with Crippen molar-refractivity contribution in [3.8, 4) is 0 Å². The Morgan fingerprint density at radius 1 is 1.14 bits per heavy atom. The maximum Gasteiger partial charge on any atom is 0.242 e. The molecule has 2 heterocycles. The first-order valence-electron chi connectivity index (χ1n) is 9.88. The molecule has 2 atom stereocenters. The SMILES string of the molecule is CC1CN(C(=O)Cn2cc(SCc3cccc(F)c3)c3ccccc32)CC(C)O1. The van der Waals surface area contributed by atoms with Gasteiger partial charge in [-0.25, -0.2) is 4.39 Å². The molecule has 0 spiro atoms. The molecule has 152 valence electrons. The highest BCUT2D eigenvalue weighted by Crippen LogP contribution is 2.32. The van der Waals surface area contributed by atoms with Crippen molar-refractivity contribution in [1.82, 2.24) is 9.47 Å². The predicted octanol–water partition coefficient (Wildman–Crippen LogP) is 4.71. The second-order valence-corrected chi connectivity index (χ2v) is 8.63. The average Bonchev–Trinajstić information content (AvgIpc) is 3.03. The van der Waals surface area contributed by atoms with E-state index in [9.17, 15) is 9.18 Å². The van der Waals surface area contributed by atoms with Gasteiger partial charge in [-0.05, 0) is 37.6 Å². The van der Waals surface area contributed by atoms with Crippen LogP contribution in [0, 0.1) is 5.82 Å². The molecular weight excluding hydrogens is 387 g/mol. The summed E-state index contributed by atoms with van der Waals surface area (Å²) >= 11 is 1.66. The third-order valence-corrected chi connectivity index (χ3v) is 6.23. The molecule has 0 bridgehead atoms. The summed E-state index contributed by atoms with van der Waals surface area (Å²) in [7, 11) is 0. The minimum atomic E-state index is -0.218. The van der Waals surface area contributed by atoms with Crippen LogP contribution >= 0.6 is 11.8 Å². The summed E-state index contributed by atoms with van der Waals surface area (Å²) in [5.41, 5.74) is 1.98. The summed E-state index contributed by atoms with van der Waals surface area (Å²) in [6.07, 6.45) is 2.16. The third kappa shape index (κ3) is 4.65. The Morgan fingerprint density at radius 2 is 1.90 bits per heavy atom. The van der Waals surface area contributed by atoms with Gasteiger partial charge >= 0.3 is 0 Å². The number of carbonyl (C=O) groups is 1. The van der Waals surface area contributed by atoms with Crippen LogP contribution in [0.3, 0.4) is 0 Å². The van der Waals surface area contributed by atoms with E-state index in [4.69, 9.17) is 4.74 Å². The Bertz CT molecular complexity index is 1010. The molecule has 29 heavy (non-hydrogen) atoms. The molecule has 2 aromatic carbocycles. The monoisotopic (exact) mass is 412 g/mol. The van der Waals surface area contributed by atoms with Gasteiger partial charge in [0.05, 0.1) is 12.2 Å². The average molecular weight is 413 g/mol. The minimum absolute atomic E-state index is 0.0569. The van der Waals surface area contributed by atoms with Crippen molar-refractivity contribution in [3.63, 3.8) is 0 Å². The topological polar surface area (TPSA) is 34.5 Å². The number of hydrogen-bond donors (Lipinski definition) is 0. The molecule has 0 aliphatic carbocycles. The van der Waals surface area contributed by atoms with Crippen molar-refractivity contribution < 1.29 is 13.9 Å². The fraction of sp³-hybridized carbons (Fsp3) is 0.348. The number of morpholine rings is 1. The third-order valence-electron chi connectivity index (χ3n) is 5.11. The summed E-state index contributed by atoms with van der Waals surface area (Å²) in [5, 5.41) is 1.12. The zero-order chi connectivity index (χ0) is 20.4. The first kappa shape index (κ1) is 20.0. The van der Waals surface area contributed by atoms with Gasteiger partial charge in [-0.15, -0.1) is 11.8 Å². The summed E-state index contributed by atoms with van der Waals surface area (Å²) < 4.78 is 21.2. The van der Waals surface area contributed by atoms with Crippen LogP contribution in [0.25, 0.3) is 10.9 Å². The molecule has 4 nitrogen and oxygen atoms in total. The quantitative estimate of drug-likeness (QED) is 0.569. The van der Waals surface area contributed by atoms with Crippen LogP contribution in [-0.4, -0.2) is 40.7 Å². The number of para-hydroxylation sites is 1. The molecule has 3 aromatic rings. The smallest absolute Gasteiger partial charge is 0.242 e. The molecule has 0 N–H and O–H groups in total. The zero-order valence-electron chi connectivity index (χ0n) is 16.7. The Balaban J connectivity index is 1.53. The number of halogens is 1. The van der Waals surface area contributed by atoms with Gasteiger partial charge in [0, 0.05) is 40.8 Å². The van der Waals surface area contributed by atoms with Gasteiger partial charge < -0.3 is 14.2 Å². The van der Waals surface area contributed by atoms with Gasteiger partial charge in [-0.2, -0.15) is 0 Å². The number of nitrogens with zero attached hydrogens (tertiary/aromatic N) is 2. The van der Waals surface area contributed by atoms with Gasteiger partial charge in [0.1, 0.15) is 12.4 Å². The van der Waals surface area contributed by atoms with Gasteiger partial charge in [-0.3, -0.25) is 4.79 Å². The van der Waals surface area contributed by atoms with E-state index in [0.717, 1.165) is 21.4 Å². The number of hydrogen-bond acceptors (Lipinski definition) is 3. The Labute approximate surface area is 174 Å². The largest absolute Gasteiger partial charge is 0.372 e. The first-order chi connectivity index (χ1) is 14.0. The number of aromatic nitrogens is 1. The van der Waals surface area contributed by atoms with Crippen LogP contribution in [0.1, 0.15) is 19.4 Å². The van der Waals surface area contributed by atoms with Crippen molar-refractivity contribution in [2.75, 3.05) is 13.1 Å². The number of rotatable bonds is 5. The second kappa shape index (κ2) is 8.59. The molecule has 4 rings (SSSR count). The van der Waals surface area contributed by atoms with Crippen molar-refractivity contribution in [1.29, 1.82) is 0 Å². The highest BCUT2D eigenvalue weighted by molar-refractivity contribution is 7.98. The highest BCUT2D eigenvalue weighted by atomic mass is 32.2. The molecular formula is C23H25FN2O2S. The molecule has 1 amide bonds. The number of thioether (sulfide) groups is 1. The molecule has 0 saturated carbocycles. The van der Waals surface area contributed by atoms with Crippen LogP contribution in [0.4, 0.5) is 4.39 Å². The van der Waals surface area contributed by atoms with Gasteiger partial charge in [-0.1, -0.05) is 30.3 Å². The summed E-state index contributed by atoms with van der Waals surface area (Å²) in [5.74, 6) is 0.567. The van der Waals surface area contributed by atoms with Crippen molar-refractivity contribution in [2.24, 2.45) is 0 Å². The summed E-state index contributed by atoms with van der Waals surface area (Å²) in [6.45, 7) is 5.57. The minimum Gasteiger partial charge on any atom is -0.372 e. The maximum absolute atomic E-state index is 13.5. The van der Waals surface area contributed by atoms with E-state index in [2.05, 4.69) is 6.07 Å². The Kier molecular flexibility index (Phi) is 5.92. The number of fused-ring (bicyclic) bond motifs is 1. The molecule has 0 radical (unpaired) electrons. The van der Waals surface area contributed by atoms with Crippen molar-refractivity contribution in [3.05, 3.63) is 66.1 Å². The number of ether oxygens (including phenoxy) is 1. The van der Waals surface area contributed by atoms with Crippen LogP contribution in [0.2, 0.25) is 0 Å². The lowest BCUT2D eigenvalue weighted by Crippen LogP contribution is -2.49. The normalized spacial score (nSPS) is 19.6. The highest BCUT2D eigenvalue weighted by Gasteiger charge is 2.26. The van der Waals surface area contributed by atoms with Gasteiger partial charge in [0.25, 0.3) is 0 Å². The lowest BCUT2D eigenvalue weighted by atomic mass is 10.2. The van der Waals surface area contributed by atoms with Crippen LogP contribution < -0.4 is 0 Å². The Morgan fingerprint density at radius 3 is 2.66 bits per heavy atom.